The number of Topliss-reactive ketones (excluding diaryl/α,β-unsaturated/α-hetero) is 1. The standard InChI is InChI=1S/C25H21ClN2O2S/c1-16-7-3-5-9-20(16)27-25-28(21-10-6-4-8-17(21)2)24(30)23(31-25)15-22(29)18-11-13-19(26)14-12-18/h3-14,23H,15H2,1-2H3. The first-order chi connectivity index (χ1) is 14.9. The van der Waals surface area contributed by atoms with Gasteiger partial charge in [0.05, 0.1) is 16.6 Å². The van der Waals surface area contributed by atoms with Crippen molar-refractivity contribution in [3.05, 3.63) is 94.5 Å². The second-order valence-electron chi connectivity index (χ2n) is 7.38. The Kier molecular flexibility index (Phi) is 6.25. The van der Waals surface area contributed by atoms with Gasteiger partial charge in [0.15, 0.2) is 11.0 Å². The molecule has 156 valence electrons. The minimum Gasteiger partial charge on any atom is -0.294 e. The van der Waals surface area contributed by atoms with Crippen molar-refractivity contribution >= 4 is 51.6 Å². The summed E-state index contributed by atoms with van der Waals surface area (Å²) in [5, 5.41) is 0.620. The van der Waals surface area contributed by atoms with Crippen molar-refractivity contribution < 1.29 is 9.59 Å². The van der Waals surface area contributed by atoms with Gasteiger partial charge in [-0.05, 0) is 61.4 Å². The highest BCUT2D eigenvalue weighted by molar-refractivity contribution is 8.16. The van der Waals surface area contributed by atoms with E-state index in [2.05, 4.69) is 0 Å². The van der Waals surface area contributed by atoms with E-state index in [0.717, 1.165) is 22.5 Å². The number of amides is 1. The zero-order valence-corrected chi connectivity index (χ0v) is 18.8. The van der Waals surface area contributed by atoms with Crippen LogP contribution < -0.4 is 4.90 Å². The molecule has 1 unspecified atom stereocenters. The third-order valence-corrected chi connectivity index (χ3v) is 6.55. The molecule has 1 aliphatic heterocycles. The molecule has 1 saturated heterocycles. The lowest BCUT2D eigenvalue weighted by Gasteiger charge is -2.19. The van der Waals surface area contributed by atoms with Crippen molar-refractivity contribution in [3.63, 3.8) is 0 Å². The van der Waals surface area contributed by atoms with Crippen molar-refractivity contribution in [2.45, 2.75) is 25.5 Å². The molecule has 0 N–H and O–H groups in total. The Morgan fingerprint density at radius 3 is 2.29 bits per heavy atom. The van der Waals surface area contributed by atoms with Crippen LogP contribution in [-0.4, -0.2) is 22.1 Å². The number of halogens is 1. The summed E-state index contributed by atoms with van der Waals surface area (Å²) < 4.78 is 0. The van der Waals surface area contributed by atoms with E-state index in [1.807, 2.05) is 62.4 Å². The molecule has 1 heterocycles. The van der Waals surface area contributed by atoms with Gasteiger partial charge in [-0.3, -0.25) is 14.5 Å². The third-order valence-electron chi connectivity index (χ3n) is 5.16. The first-order valence-corrected chi connectivity index (χ1v) is 11.2. The van der Waals surface area contributed by atoms with Gasteiger partial charge in [-0.2, -0.15) is 0 Å². The minimum absolute atomic E-state index is 0.0932. The number of benzene rings is 3. The summed E-state index contributed by atoms with van der Waals surface area (Å²) in [7, 11) is 0. The topological polar surface area (TPSA) is 49.7 Å². The number of nitrogens with zero attached hydrogens (tertiary/aromatic N) is 2. The number of para-hydroxylation sites is 2. The van der Waals surface area contributed by atoms with Crippen LogP contribution in [0.25, 0.3) is 0 Å². The molecule has 6 heteroatoms. The van der Waals surface area contributed by atoms with Gasteiger partial charge in [-0.15, -0.1) is 0 Å². The number of thioether (sulfide) groups is 1. The number of ketones is 1. The average Bonchev–Trinajstić information content (AvgIpc) is 3.05. The second kappa shape index (κ2) is 9.08. The molecule has 0 saturated carbocycles. The summed E-state index contributed by atoms with van der Waals surface area (Å²) in [4.78, 5) is 32.7. The van der Waals surface area contributed by atoms with Gasteiger partial charge in [-0.25, -0.2) is 4.99 Å². The Morgan fingerprint density at radius 1 is 0.968 bits per heavy atom. The molecule has 0 radical (unpaired) electrons. The smallest absolute Gasteiger partial charge is 0.247 e. The maximum absolute atomic E-state index is 13.4. The van der Waals surface area contributed by atoms with Gasteiger partial charge < -0.3 is 0 Å². The molecule has 4 rings (SSSR count). The van der Waals surface area contributed by atoms with Crippen LogP contribution >= 0.6 is 23.4 Å². The number of amidine groups is 1. The zero-order valence-electron chi connectivity index (χ0n) is 17.2. The van der Waals surface area contributed by atoms with Crippen LogP contribution in [0.2, 0.25) is 5.02 Å². The molecule has 1 fully saturated rings. The van der Waals surface area contributed by atoms with Crippen molar-refractivity contribution in [1.82, 2.24) is 0 Å². The average molecular weight is 449 g/mol. The van der Waals surface area contributed by atoms with Crippen molar-refractivity contribution in [3.8, 4) is 0 Å². The Hall–Kier alpha value is -2.89. The number of aryl methyl sites for hydroxylation is 2. The summed E-state index contributed by atoms with van der Waals surface area (Å²) in [6.45, 7) is 3.95. The molecule has 4 nitrogen and oxygen atoms in total. The normalized spacial score (nSPS) is 17.4. The van der Waals surface area contributed by atoms with Crippen LogP contribution in [0.3, 0.4) is 0 Å². The number of hydrogen-bond donors (Lipinski definition) is 0. The Morgan fingerprint density at radius 2 is 1.61 bits per heavy atom. The fourth-order valence-electron chi connectivity index (χ4n) is 3.42. The predicted molar refractivity (Wildman–Crippen MR) is 129 cm³/mol. The largest absolute Gasteiger partial charge is 0.294 e. The Balaban J connectivity index is 1.69. The monoisotopic (exact) mass is 448 g/mol. The lowest BCUT2D eigenvalue weighted by Crippen LogP contribution is -2.33. The van der Waals surface area contributed by atoms with E-state index >= 15 is 0 Å². The van der Waals surface area contributed by atoms with Crippen molar-refractivity contribution in [1.29, 1.82) is 0 Å². The summed E-state index contributed by atoms with van der Waals surface area (Å²) >= 11 is 7.27. The maximum Gasteiger partial charge on any atom is 0.247 e. The fourth-order valence-corrected chi connectivity index (χ4v) is 4.69. The summed E-state index contributed by atoms with van der Waals surface area (Å²) in [6.07, 6.45) is 0.0975. The number of hydrogen-bond acceptors (Lipinski definition) is 4. The molecule has 0 aromatic heterocycles. The minimum atomic E-state index is -0.537. The quantitative estimate of drug-likeness (QED) is 0.426. The SMILES string of the molecule is Cc1ccccc1N=C1SC(CC(=O)c2ccc(Cl)cc2)C(=O)N1c1ccccc1C. The molecular formula is C25H21ClN2O2S. The van der Waals surface area contributed by atoms with Gasteiger partial charge in [0.25, 0.3) is 0 Å². The Labute approximate surface area is 190 Å². The summed E-state index contributed by atoms with van der Waals surface area (Å²) in [5.41, 5.74) is 4.13. The lowest BCUT2D eigenvalue weighted by atomic mass is 10.1. The van der Waals surface area contributed by atoms with Crippen LogP contribution in [0.1, 0.15) is 27.9 Å². The van der Waals surface area contributed by atoms with Crippen LogP contribution in [0, 0.1) is 13.8 Å². The molecule has 0 spiro atoms. The molecule has 31 heavy (non-hydrogen) atoms. The van der Waals surface area contributed by atoms with Crippen LogP contribution in [-0.2, 0) is 4.79 Å². The van der Waals surface area contributed by atoms with E-state index in [1.165, 1.54) is 11.8 Å². The highest BCUT2D eigenvalue weighted by atomic mass is 35.5. The van der Waals surface area contributed by atoms with Gasteiger partial charge in [0.2, 0.25) is 5.91 Å². The first-order valence-electron chi connectivity index (χ1n) is 9.93. The number of carbonyl (C=O) groups excluding carboxylic acids is 2. The van der Waals surface area contributed by atoms with E-state index < -0.39 is 5.25 Å². The summed E-state index contributed by atoms with van der Waals surface area (Å²) in [6, 6.07) is 22.3. The van der Waals surface area contributed by atoms with E-state index in [1.54, 1.807) is 29.2 Å². The molecular weight excluding hydrogens is 428 g/mol. The van der Waals surface area contributed by atoms with Gasteiger partial charge >= 0.3 is 0 Å². The number of anilines is 1. The molecule has 1 atom stereocenters. The van der Waals surface area contributed by atoms with Crippen molar-refractivity contribution in [2.75, 3.05) is 4.90 Å². The Bertz CT molecular complexity index is 1170. The molecule has 1 aliphatic rings. The molecule has 0 bridgehead atoms. The lowest BCUT2D eigenvalue weighted by molar-refractivity contribution is -0.116. The molecule has 3 aromatic rings. The van der Waals surface area contributed by atoms with Crippen LogP contribution in [0.4, 0.5) is 11.4 Å². The van der Waals surface area contributed by atoms with Crippen LogP contribution in [0.15, 0.2) is 77.8 Å². The molecule has 0 aliphatic carbocycles. The number of aliphatic imine (C=N–C) groups is 1. The molecule has 3 aromatic carbocycles. The van der Waals surface area contributed by atoms with E-state index in [0.29, 0.717) is 15.8 Å². The van der Waals surface area contributed by atoms with Gasteiger partial charge in [0, 0.05) is 17.0 Å². The van der Waals surface area contributed by atoms with E-state index in [-0.39, 0.29) is 18.1 Å². The maximum atomic E-state index is 13.4. The highest BCUT2D eigenvalue weighted by Crippen LogP contribution is 2.37. The third kappa shape index (κ3) is 4.58. The number of rotatable bonds is 5. The van der Waals surface area contributed by atoms with Crippen LogP contribution in [0.5, 0.6) is 0 Å². The van der Waals surface area contributed by atoms with Gasteiger partial charge in [-0.1, -0.05) is 59.8 Å². The second-order valence-corrected chi connectivity index (χ2v) is 8.99. The predicted octanol–water partition coefficient (Wildman–Crippen LogP) is 6.37. The molecule has 1 amide bonds. The zero-order chi connectivity index (χ0) is 22.0. The summed E-state index contributed by atoms with van der Waals surface area (Å²) in [5.74, 6) is -0.224. The van der Waals surface area contributed by atoms with E-state index in [9.17, 15) is 9.59 Å². The van der Waals surface area contributed by atoms with Gasteiger partial charge in [0.1, 0.15) is 0 Å². The first kappa shape index (κ1) is 21.3. The fraction of sp³-hybridized carbons (Fsp3) is 0.160. The van der Waals surface area contributed by atoms with Crippen molar-refractivity contribution in [2.24, 2.45) is 4.99 Å². The highest BCUT2D eigenvalue weighted by Gasteiger charge is 2.40. The number of carbonyl (C=O) groups is 2. The van der Waals surface area contributed by atoms with E-state index in [4.69, 9.17) is 16.6 Å².